The topological polar surface area (TPSA) is 46.3 Å². The molecular weight excluding hydrogens is 236 g/mol. The summed E-state index contributed by atoms with van der Waals surface area (Å²) < 4.78 is 0. The summed E-state index contributed by atoms with van der Waals surface area (Å²) in [4.78, 5) is 14.9. The first-order chi connectivity index (χ1) is 9.25. The Hall–Kier alpha value is -0.570. The van der Waals surface area contributed by atoms with Crippen LogP contribution >= 0.6 is 0 Å². The van der Waals surface area contributed by atoms with Crippen LogP contribution in [-0.4, -0.2) is 29.9 Å². The van der Waals surface area contributed by atoms with Crippen LogP contribution < -0.4 is 5.73 Å². The first kappa shape index (κ1) is 12.2. The van der Waals surface area contributed by atoms with Crippen LogP contribution in [-0.2, 0) is 4.79 Å². The Morgan fingerprint density at radius 3 is 2.32 bits per heavy atom. The van der Waals surface area contributed by atoms with Gasteiger partial charge in [-0.1, -0.05) is 19.3 Å². The van der Waals surface area contributed by atoms with E-state index in [1.54, 1.807) is 0 Å². The van der Waals surface area contributed by atoms with E-state index in [-0.39, 0.29) is 0 Å². The van der Waals surface area contributed by atoms with E-state index in [0.717, 1.165) is 31.3 Å². The molecule has 3 aliphatic carbocycles. The molecule has 0 spiro atoms. The molecule has 1 amide bonds. The lowest BCUT2D eigenvalue weighted by molar-refractivity contribution is -0.132. The van der Waals surface area contributed by atoms with Gasteiger partial charge in [0, 0.05) is 25.0 Å². The standard InChI is InChI=1S/C16H26N2O/c17-14-7-3-4-10-8-18(9-13(10)14)16(19)15-11-5-1-2-6-12(11)15/h10-15H,1-9,17H2. The van der Waals surface area contributed by atoms with E-state index in [4.69, 9.17) is 5.73 Å². The second kappa shape index (κ2) is 4.47. The third-order valence-corrected chi connectivity index (χ3v) is 6.41. The maximum absolute atomic E-state index is 12.7. The number of fused-ring (bicyclic) bond motifs is 2. The van der Waals surface area contributed by atoms with Gasteiger partial charge in [0.25, 0.3) is 0 Å². The lowest BCUT2D eigenvalue weighted by Crippen LogP contribution is -2.38. The van der Waals surface area contributed by atoms with Crippen molar-refractivity contribution in [3.05, 3.63) is 0 Å². The van der Waals surface area contributed by atoms with Gasteiger partial charge in [-0.05, 0) is 49.4 Å². The van der Waals surface area contributed by atoms with Gasteiger partial charge in [0.2, 0.25) is 5.91 Å². The fraction of sp³-hybridized carbons (Fsp3) is 0.938. The predicted molar refractivity (Wildman–Crippen MR) is 74.3 cm³/mol. The largest absolute Gasteiger partial charge is 0.342 e. The molecule has 3 heteroatoms. The molecule has 1 aliphatic heterocycles. The quantitative estimate of drug-likeness (QED) is 0.785. The van der Waals surface area contributed by atoms with Crippen molar-refractivity contribution in [1.82, 2.24) is 4.90 Å². The molecule has 5 atom stereocenters. The number of amides is 1. The van der Waals surface area contributed by atoms with Crippen LogP contribution in [0.15, 0.2) is 0 Å². The van der Waals surface area contributed by atoms with Gasteiger partial charge in [-0.2, -0.15) is 0 Å². The summed E-state index contributed by atoms with van der Waals surface area (Å²) in [5.41, 5.74) is 6.25. The summed E-state index contributed by atoms with van der Waals surface area (Å²) in [6.45, 7) is 1.97. The summed E-state index contributed by atoms with van der Waals surface area (Å²) >= 11 is 0. The number of nitrogens with zero attached hydrogens (tertiary/aromatic N) is 1. The first-order valence-electron chi connectivity index (χ1n) is 8.30. The highest BCUT2D eigenvalue weighted by molar-refractivity contribution is 5.82. The molecule has 4 fully saturated rings. The highest BCUT2D eigenvalue weighted by Gasteiger charge is 2.56. The lowest BCUT2D eigenvalue weighted by atomic mass is 9.78. The Morgan fingerprint density at radius 1 is 0.895 bits per heavy atom. The summed E-state index contributed by atoms with van der Waals surface area (Å²) in [7, 11) is 0. The van der Waals surface area contributed by atoms with Crippen LogP contribution in [0.1, 0.15) is 44.9 Å². The Morgan fingerprint density at radius 2 is 1.63 bits per heavy atom. The molecule has 2 N–H and O–H groups in total. The molecule has 5 unspecified atom stereocenters. The van der Waals surface area contributed by atoms with Crippen molar-refractivity contribution in [1.29, 1.82) is 0 Å². The fourth-order valence-electron chi connectivity index (χ4n) is 5.27. The monoisotopic (exact) mass is 262 g/mol. The number of hydrogen-bond acceptors (Lipinski definition) is 2. The molecule has 0 aromatic heterocycles. The van der Waals surface area contributed by atoms with Crippen LogP contribution in [0.2, 0.25) is 0 Å². The highest BCUT2D eigenvalue weighted by atomic mass is 16.2. The first-order valence-corrected chi connectivity index (χ1v) is 8.30. The number of hydrogen-bond donors (Lipinski definition) is 1. The summed E-state index contributed by atoms with van der Waals surface area (Å²) in [6, 6.07) is 0.345. The average Bonchev–Trinajstić information content (AvgIpc) is 2.98. The maximum Gasteiger partial charge on any atom is 0.226 e. The smallest absolute Gasteiger partial charge is 0.226 e. The molecule has 1 heterocycles. The van der Waals surface area contributed by atoms with Gasteiger partial charge in [0.05, 0.1) is 0 Å². The zero-order chi connectivity index (χ0) is 13.0. The van der Waals surface area contributed by atoms with Gasteiger partial charge in [-0.25, -0.2) is 0 Å². The van der Waals surface area contributed by atoms with Gasteiger partial charge in [0.15, 0.2) is 0 Å². The summed E-state index contributed by atoms with van der Waals surface area (Å²) in [5, 5.41) is 0. The summed E-state index contributed by atoms with van der Waals surface area (Å²) in [6.07, 6.45) is 9.03. The minimum Gasteiger partial charge on any atom is -0.342 e. The van der Waals surface area contributed by atoms with E-state index in [2.05, 4.69) is 4.90 Å². The molecular formula is C16H26N2O. The van der Waals surface area contributed by atoms with Gasteiger partial charge in [0.1, 0.15) is 0 Å². The Kier molecular flexibility index (Phi) is 2.87. The van der Waals surface area contributed by atoms with Crippen LogP contribution in [0.4, 0.5) is 0 Å². The number of rotatable bonds is 1. The van der Waals surface area contributed by atoms with E-state index in [1.165, 1.54) is 38.5 Å². The van der Waals surface area contributed by atoms with Crippen LogP contribution in [0.5, 0.6) is 0 Å². The van der Waals surface area contributed by atoms with E-state index in [9.17, 15) is 4.79 Å². The SMILES string of the molecule is NC1CCCC2CN(C(=O)C3C4CCCCC43)CC12. The summed E-state index contributed by atoms with van der Waals surface area (Å²) in [5.74, 6) is 3.68. The maximum atomic E-state index is 12.7. The van der Waals surface area contributed by atoms with Crippen molar-refractivity contribution in [2.24, 2.45) is 35.3 Å². The zero-order valence-electron chi connectivity index (χ0n) is 11.8. The van der Waals surface area contributed by atoms with Crippen LogP contribution in [0, 0.1) is 29.6 Å². The number of carbonyl (C=O) groups is 1. The van der Waals surface area contributed by atoms with Crippen molar-refractivity contribution in [2.75, 3.05) is 13.1 Å². The molecule has 0 bridgehead atoms. The molecule has 4 aliphatic rings. The molecule has 0 radical (unpaired) electrons. The Balaban J connectivity index is 1.42. The minimum absolute atomic E-state index is 0.345. The van der Waals surface area contributed by atoms with E-state index >= 15 is 0 Å². The number of nitrogens with two attached hydrogens (primary N) is 1. The van der Waals surface area contributed by atoms with Gasteiger partial charge >= 0.3 is 0 Å². The highest BCUT2D eigenvalue weighted by Crippen LogP contribution is 2.56. The normalized spacial score (nSPS) is 48.6. The molecule has 4 rings (SSSR count). The average molecular weight is 262 g/mol. The molecule has 19 heavy (non-hydrogen) atoms. The van der Waals surface area contributed by atoms with Crippen molar-refractivity contribution >= 4 is 5.91 Å². The second-order valence-corrected chi connectivity index (χ2v) is 7.40. The third kappa shape index (κ3) is 1.93. The number of carbonyl (C=O) groups excluding carboxylic acids is 1. The molecule has 106 valence electrons. The minimum atomic E-state index is 0.345. The van der Waals surface area contributed by atoms with Crippen molar-refractivity contribution < 1.29 is 4.79 Å². The molecule has 3 saturated carbocycles. The lowest BCUT2D eigenvalue weighted by Gasteiger charge is -2.29. The van der Waals surface area contributed by atoms with Crippen LogP contribution in [0.3, 0.4) is 0 Å². The zero-order valence-corrected chi connectivity index (χ0v) is 11.8. The Labute approximate surface area is 115 Å². The third-order valence-electron chi connectivity index (χ3n) is 6.41. The number of likely N-dealkylation sites (tertiary alicyclic amines) is 1. The van der Waals surface area contributed by atoms with Crippen molar-refractivity contribution in [3.8, 4) is 0 Å². The van der Waals surface area contributed by atoms with Gasteiger partial charge in [-0.3, -0.25) is 4.79 Å². The Bertz CT molecular complexity index is 371. The predicted octanol–water partition coefficient (Wildman–Crippen LogP) is 2.01. The van der Waals surface area contributed by atoms with Crippen LogP contribution in [0.25, 0.3) is 0 Å². The van der Waals surface area contributed by atoms with E-state index < -0.39 is 0 Å². The van der Waals surface area contributed by atoms with E-state index in [0.29, 0.717) is 29.7 Å². The van der Waals surface area contributed by atoms with Crippen molar-refractivity contribution in [3.63, 3.8) is 0 Å². The molecule has 0 aromatic rings. The molecule has 1 saturated heterocycles. The van der Waals surface area contributed by atoms with Gasteiger partial charge in [-0.15, -0.1) is 0 Å². The molecule has 0 aromatic carbocycles. The van der Waals surface area contributed by atoms with Crippen molar-refractivity contribution in [2.45, 2.75) is 51.0 Å². The fourth-order valence-corrected chi connectivity index (χ4v) is 5.27. The molecule has 3 nitrogen and oxygen atoms in total. The van der Waals surface area contributed by atoms with Gasteiger partial charge < -0.3 is 10.6 Å². The second-order valence-electron chi connectivity index (χ2n) is 7.40. The van der Waals surface area contributed by atoms with E-state index in [1.807, 2.05) is 0 Å².